The number of anilines is 1. The summed E-state index contributed by atoms with van der Waals surface area (Å²) >= 11 is 0. The van der Waals surface area contributed by atoms with Gasteiger partial charge in [0.2, 0.25) is 5.91 Å². The molecule has 0 aromatic heterocycles. The van der Waals surface area contributed by atoms with Crippen molar-refractivity contribution in [1.29, 1.82) is 0 Å². The highest BCUT2D eigenvalue weighted by Crippen LogP contribution is 2.29. The van der Waals surface area contributed by atoms with E-state index in [4.69, 9.17) is 4.74 Å². The van der Waals surface area contributed by atoms with Crippen LogP contribution in [0, 0.1) is 0 Å². The quantitative estimate of drug-likeness (QED) is 0.754. The van der Waals surface area contributed by atoms with Crippen LogP contribution in [-0.4, -0.2) is 50.7 Å². The van der Waals surface area contributed by atoms with Crippen molar-refractivity contribution in [2.24, 2.45) is 0 Å². The Morgan fingerprint density at radius 2 is 1.74 bits per heavy atom. The summed E-state index contributed by atoms with van der Waals surface area (Å²) in [6.45, 7) is 0.474. The van der Waals surface area contributed by atoms with Gasteiger partial charge in [0.1, 0.15) is 0 Å². The lowest BCUT2D eigenvalue weighted by molar-refractivity contribution is -0.120. The van der Waals surface area contributed by atoms with Crippen molar-refractivity contribution < 1.29 is 9.53 Å². The predicted molar refractivity (Wildman–Crippen MR) is 94.8 cm³/mol. The lowest BCUT2D eigenvalue weighted by atomic mass is 9.98. The summed E-state index contributed by atoms with van der Waals surface area (Å²) in [5.41, 5.74) is 1.01. The molecule has 0 N–H and O–H groups in total. The number of carbonyl (C=O) groups excluding carboxylic acids is 1. The van der Waals surface area contributed by atoms with Gasteiger partial charge in [-0.2, -0.15) is 0 Å². The molecule has 2 atom stereocenters. The molecule has 4 nitrogen and oxygen atoms in total. The van der Waals surface area contributed by atoms with Crippen LogP contribution in [0.15, 0.2) is 30.3 Å². The first-order valence-electron chi connectivity index (χ1n) is 8.67. The average Bonchev–Trinajstić information content (AvgIpc) is 2.80. The van der Waals surface area contributed by atoms with Crippen molar-refractivity contribution in [2.45, 2.75) is 50.6 Å². The van der Waals surface area contributed by atoms with Crippen LogP contribution in [0.3, 0.4) is 0 Å². The summed E-state index contributed by atoms with van der Waals surface area (Å²) in [6, 6.07) is 10.7. The second-order valence-electron chi connectivity index (χ2n) is 6.58. The number of rotatable bonds is 6. The standard InChI is InChI=1S/C19H30N2O2/c1-20(2)17-12-8-5-9-13-18(17)21(19(22)14-15-23-3)16-10-6-4-7-11-16/h4,6-7,10-11,17-18H,5,8-9,12-15H2,1-3H3. The Labute approximate surface area is 140 Å². The number of benzene rings is 1. The molecule has 1 aromatic rings. The van der Waals surface area contributed by atoms with Gasteiger partial charge in [0.05, 0.1) is 19.1 Å². The van der Waals surface area contributed by atoms with Gasteiger partial charge in [-0.05, 0) is 39.1 Å². The second kappa shape index (κ2) is 9.04. The molecule has 1 aliphatic rings. The smallest absolute Gasteiger partial charge is 0.229 e. The third-order valence-corrected chi connectivity index (χ3v) is 4.76. The molecule has 23 heavy (non-hydrogen) atoms. The van der Waals surface area contributed by atoms with Crippen molar-refractivity contribution in [1.82, 2.24) is 4.90 Å². The lowest BCUT2D eigenvalue weighted by Gasteiger charge is -2.39. The third-order valence-electron chi connectivity index (χ3n) is 4.76. The van der Waals surface area contributed by atoms with Crippen LogP contribution in [0.25, 0.3) is 0 Å². The van der Waals surface area contributed by atoms with Crippen LogP contribution < -0.4 is 4.90 Å². The Hall–Kier alpha value is -1.39. The maximum absolute atomic E-state index is 12.9. The number of nitrogens with zero attached hydrogens (tertiary/aromatic N) is 2. The third kappa shape index (κ3) is 4.79. The number of methoxy groups -OCH3 is 1. The van der Waals surface area contributed by atoms with Gasteiger partial charge in [-0.3, -0.25) is 4.79 Å². The molecule has 1 fully saturated rings. The Kier molecular flexibility index (Phi) is 7.06. The fraction of sp³-hybridized carbons (Fsp3) is 0.632. The molecule has 2 rings (SSSR count). The molecule has 0 radical (unpaired) electrons. The van der Waals surface area contributed by atoms with Gasteiger partial charge in [0.15, 0.2) is 0 Å². The van der Waals surface area contributed by atoms with E-state index in [1.165, 1.54) is 19.3 Å². The van der Waals surface area contributed by atoms with Gasteiger partial charge in [0, 0.05) is 18.8 Å². The summed E-state index contributed by atoms with van der Waals surface area (Å²) in [7, 11) is 5.91. The topological polar surface area (TPSA) is 32.8 Å². The van der Waals surface area contributed by atoms with E-state index in [1.54, 1.807) is 7.11 Å². The fourth-order valence-corrected chi connectivity index (χ4v) is 3.59. The second-order valence-corrected chi connectivity index (χ2v) is 6.58. The first kappa shape index (κ1) is 18.0. The number of ether oxygens (including phenoxy) is 1. The molecule has 0 spiro atoms. The van der Waals surface area contributed by atoms with E-state index >= 15 is 0 Å². The van der Waals surface area contributed by atoms with Gasteiger partial charge in [-0.25, -0.2) is 0 Å². The molecule has 0 bridgehead atoms. The molecule has 4 heteroatoms. The van der Waals surface area contributed by atoms with Crippen LogP contribution in [-0.2, 0) is 9.53 Å². The minimum atomic E-state index is 0.164. The molecule has 0 saturated heterocycles. The largest absolute Gasteiger partial charge is 0.384 e. The summed E-state index contributed by atoms with van der Waals surface area (Å²) in [6.07, 6.45) is 6.34. The summed E-state index contributed by atoms with van der Waals surface area (Å²) < 4.78 is 5.13. The molecule has 1 aromatic carbocycles. The van der Waals surface area contributed by atoms with Gasteiger partial charge in [-0.1, -0.05) is 37.5 Å². The summed E-state index contributed by atoms with van der Waals surface area (Å²) in [5, 5.41) is 0. The van der Waals surface area contributed by atoms with Gasteiger partial charge in [-0.15, -0.1) is 0 Å². The molecule has 0 aliphatic heterocycles. The molecular formula is C19H30N2O2. The SMILES string of the molecule is COCCC(=O)N(c1ccccc1)C1CCCCCC1N(C)C. The van der Waals surface area contributed by atoms with Crippen LogP contribution in [0.2, 0.25) is 0 Å². The maximum atomic E-state index is 12.9. The van der Waals surface area contributed by atoms with E-state index in [0.29, 0.717) is 19.1 Å². The molecular weight excluding hydrogens is 288 g/mol. The Bertz CT molecular complexity index is 476. The Morgan fingerprint density at radius 3 is 2.35 bits per heavy atom. The number of carbonyl (C=O) groups is 1. The molecule has 0 heterocycles. The van der Waals surface area contributed by atoms with Crippen LogP contribution in [0.4, 0.5) is 5.69 Å². The molecule has 128 valence electrons. The Morgan fingerprint density at radius 1 is 1.09 bits per heavy atom. The first-order chi connectivity index (χ1) is 11.1. The van der Waals surface area contributed by atoms with E-state index in [0.717, 1.165) is 18.5 Å². The number of hydrogen-bond donors (Lipinski definition) is 0. The Balaban J connectivity index is 2.31. The first-order valence-corrected chi connectivity index (χ1v) is 8.67. The number of amides is 1. The van der Waals surface area contributed by atoms with Crippen LogP contribution in [0.5, 0.6) is 0 Å². The van der Waals surface area contributed by atoms with E-state index < -0.39 is 0 Å². The minimum absolute atomic E-state index is 0.164. The zero-order chi connectivity index (χ0) is 16.7. The van der Waals surface area contributed by atoms with Crippen molar-refractivity contribution in [3.05, 3.63) is 30.3 Å². The van der Waals surface area contributed by atoms with Crippen LogP contribution in [0.1, 0.15) is 38.5 Å². The summed E-state index contributed by atoms with van der Waals surface area (Å²) in [4.78, 5) is 17.2. The van der Waals surface area contributed by atoms with Gasteiger partial charge >= 0.3 is 0 Å². The molecule has 1 amide bonds. The minimum Gasteiger partial charge on any atom is -0.384 e. The molecule has 1 saturated carbocycles. The predicted octanol–water partition coefficient (Wildman–Crippen LogP) is 3.32. The van der Waals surface area contributed by atoms with Gasteiger partial charge in [0.25, 0.3) is 0 Å². The van der Waals surface area contributed by atoms with Crippen molar-refractivity contribution in [3.63, 3.8) is 0 Å². The van der Waals surface area contributed by atoms with Crippen LogP contribution >= 0.6 is 0 Å². The normalized spacial score (nSPS) is 21.9. The lowest BCUT2D eigenvalue weighted by Crippen LogP contribution is -2.52. The summed E-state index contributed by atoms with van der Waals surface area (Å²) in [5.74, 6) is 0.164. The zero-order valence-electron chi connectivity index (χ0n) is 14.7. The van der Waals surface area contributed by atoms with Crippen molar-refractivity contribution >= 4 is 11.6 Å². The number of likely N-dealkylation sites (N-methyl/N-ethyl adjacent to an activating group) is 1. The van der Waals surface area contributed by atoms with E-state index in [9.17, 15) is 4.79 Å². The monoisotopic (exact) mass is 318 g/mol. The van der Waals surface area contributed by atoms with E-state index in [2.05, 4.69) is 19.0 Å². The number of hydrogen-bond acceptors (Lipinski definition) is 3. The maximum Gasteiger partial charge on any atom is 0.229 e. The molecule has 2 unspecified atom stereocenters. The zero-order valence-corrected chi connectivity index (χ0v) is 14.7. The van der Waals surface area contributed by atoms with Crippen molar-refractivity contribution in [2.75, 3.05) is 32.7 Å². The highest BCUT2D eigenvalue weighted by Gasteiger charge is 2.33. The average molecular weight is 318 g/mol. The number of para-hydroxylation sites is 1. The van der Waals surface area contributed by atoms with E-state index in [-0.39, 0.29) is 11.9 Å². The highest BCUT2D eigenvalue weighted by molar-refractivity contribution is 5.94. The molecule has 1 aliphatic carbocycles. The van der Waals surface area contributed by atoms with Gasteiger partial charge < -0.3 is 14.5 Å². The van der Waals surface area contributed by atoms with Crippen molar-refractivity contribution in [3.8, 4) is 0 Å². The fourth-order valence-electron chi connectivity index (χ4n) is 3.59. The van der Waals surface area contributed by atoms with E-state index in [1.807, 2.05) is 35.2 Å². The highest BCUT2D eigenvalue weighted by atomic mass is 16.5.